The van der Waals surface area contributed by atoms with Gasteiger partial charge in [0.25, 0.3) is 23.2 Å². The van der Waals surface area contributed by atoms with Crippen molar-refractivity contribution in [2.24, 2.45) is 0 Å². The monoisotopic (exact) mass is 547 g/mol. The topological polar surface area (TPSA) is 166 Å². The SMILES string of the molecule is O=C(COc1ccc2ccccc2c1Br)NNC(=S)NC(=O)c1cc([N+](=O)[O-])cc([N+](=O)[O-])c1. The van der Waals surface area contributed by atoms with Crippen molar-refractivity contribution in [2.45, 2.75) is 0 Å². The fourth-order valence-electron chi connectivity index (χ4n) is 2.77. The van der Waals surface area contributed by atoms with Crippen molar-refractivity contribution in [3.63, 3.8) is 0 Å². The summed E-state index contributed by atoms with van der Waals surface area (Å²) in [5.41, 5.74) is 2.87. The fraction of sp³-hybridized carbons (Fsp3) is 0.0500. The lowest BCUT2D eigenvalue weighted by atomic mass is 10.1. The molecule has 3 aromatic carbocycles. The zero-order chi connectivity index (χ0) is 24.8. The van der Waals surface area contributed by atoms with Crippen molar-refractivity contribution < 1.29 is 24.2 Å². The quantitative estimate of drug-likeness (QED) is 0.238. The van der Waals surface area contributed by atoms with Crippen LogP contribution in [-0.2, 0) is 4.79 Å². The minimum Gasteiger partial charge on any atom is -0.483 e. The highest BCUT2D eigenvalue weighted by Gasteiger charge is 2.20. The molecule has 3 rings (SSSR count). The van der Waals surface area contributed by atoms with Crippen LogP contribution in [0.1, 0.15) is 10.4 Å². The molecule has 0 aliphatic rings. The molecule has 0 radical (unpaired) electrons. The molecule has 0 fully saturated rings. The van der Waals surface area contributed by atoms with E-state index in [1.165, 1.54) is 0 Å². The summed E-state index contributed by atoms with van der Waals surface area (Å²) in [5.74, 6) is -1.13. The van der Waals surface area contributed by atoms with Crippen LogP contribution in [0.4, 0.5) is 11.4 Å². The van der Waals surface area contributed by atoms with Gasteiger partial charge in [0, 0.05) is 12.1 Å². The van der Waals surface area contributed by atoms with Crippen molar-refractivity contribution in [3.05, 3.63) is 84.9 Å². The fourth-order valence-corrected chi connectivity index (χ4v) is 3.53. The van der Waals surface area contributed by atoms with Crippen molar-refractivity contribution >= 4 is 67.2 Å². The van der Waals surface area contributed by atoms with Crippen LogP contribution in [-0.4, -0.2) is 33.4 Å². The van der Waals surface area contributed by atoms with Crippen LogP contribution in [0, 0.1) is 20.2 Å². The smallest absolute Gasteiger partial charge is 0.277 e. The molecule has 0 unspecified atom stereocenters. The standard InChI is InChI=1S/C20H14BrN5O7S/c21-18-15-4-2-1-3-11(15)5-6-16(18)33-10-17(27)23-24-20(34)22-19(28)12-7-13(25(29)30)9-14(8-12)26(31)32/h1-9H,10H2,(H,23,27)(H2,22,24,28,34). The molecule has 0 heterocycles. The average Bonchev–Trinajstić information content (AvgIpc) is 2.82. The second kappa shape index (κ2) is 10.6. The van der Waals surface area contributed by atoms with E-state index in [1.54, 1.807) is 6.07 Å². The maximum Gasteiger partial charge on any atom is 0.277 e. The number of amides is 2. The Morgan fingerprint density at radius 3 is 2.26 bits per heavy atom. The van der Waals surface area contributed by atoms with E-state index < -0.39 is 33.0 Å². The lowest BCUT2D eigenvalue weighted by molar-refractivity contribution is -0.394. The molecule has 3 aromatic rings. The lowest BCUT2D eigenvalue weighted by Gasteiger charge is -2.12. The van der Waals surface area contributed by atoms with E-state index in [0.29, 0.717) is 10.2 Å². The molecule has 0 saturated carbocycles. The Kier molecular flexibility index (Phi) is 7.65. The molecule has 0 aromatic heterocycles. The number of non-ortho nitro benzene ring substituents is 2. The van der Waals surface area contributed by atoms with Crippen molar-refractivity contribution in [1.82, 2.24) is 16.2 Å². The van der Waals surface area contributed by atoms with Gasteiger partial charge in [-0.2, -0.15) is 0 Å². The van der Waals surface area contributed by atoms with Crippen LogP contribution in [0.15, 0.2) is 59.1 Å². The van der Waals surface area contributed by atoms with Crippen LogP contribution >= 0.6 is 28.1 Å². The molecular weight excluding hydrogens is 534 g/mol. The summed E-state index contributed by atoms with van der Waals surface area (Å²) < 4.78 is 6.18. The molecule has 0 bridgehead atoms. The van der Waals surface area contributed by atoms with Crippen LogP contribution in [0.3, 0.4) is 0 Å². The first kappa shape index (κ1) is 24.5. The van der Waals surface area contributed by atoms with Gasteiger partial charge in [-0.15, -0.1) is 0 Å². The molecule has 34 heavy (non-hydrogen) atoms. The second-order valence-corrected chi connectivity index (χ2v) is 7.80. The molecule has 0 saturated heterocycles. The van der Waals surface area contributed by atoms with Gasteiger partial charge < -0.3 is 4.74 Å². The van der Waals surface area contributed by atoms with Gasteiger partial charge in [-0.25, -0.2) is 0 Å². The van der Waals surface area contributed by atoms with Gasteiger partial charge in [-0.1, -0.05) is 30.3 Å². The Balaban J connectivity index is 1.54. The Labute approximate surface area is 204 Å². The number of carbonyl (C=O) groups excluding carboxylic acids is 2. The van der Waals surface area contributed by atoms with E-state index in [1.807, 2.05) is 30.3 Å². The number of nitro groups is 2. The number of carbonyl (C=O) groups is 2. The predicted molar refractivity (Wildman–Crippen MR) is 128 cm³/mol. The van der Waals surface area contributed by atoms with Crippen LogP contribution in [0.25, 0.3) is 10.8 Å². The van der Waals surface area contributed by atoms with Gasteiger partial charge in [0.15, 0.2) is 11.7 Å². The molecule has 174 valence electrons. The van der Waals surface area contributed by atoms with Crippen molar-refractivity contribution in [3.8, 4) is 5.75 Å². The predicted octanol–water partition coefficient (Wildman–Crippen LogP) is 3.13. The largest absolute Gasteiger partial charge is 0.483 e. The number of rotatable bonds is 6. The van der Waals surface area contributed by atoms with Crippen LogP contribution in [0.5, 0.6) is 5.75 Å². The van der Waals surface area contributed by atoms with Gasteiger partial charge in [0.05, 0.1) is 25.9 Å². The average molecular weight is 548 g/mol. The number of hydrogen-bond acceptors (Lipinski definition) is 8. The molecule has 0 aliphatic heterocycles. The maximum atomic E-state index is 12.3. The highest BCUT2D eigenvalue weighted by atomic mass is 79.9. The molecule has 3 N–H and O–H groups in total. The zero-order valence-corrected chi connectivity index (χ0v) is 19.3. The first-order valence-electron chi connectivity index (χ1n) is 9.30. The summed E-state index contributed by atoms with van der Waals surface area (Å²) in [6, 6.07) is 13.6. The van der Waals surface area contributed by atoms with Crippen molar-refractivity contribution in [1.29, 1.82) is 0 Å². The molecule has 2 amide bonds. The summed E-state index contributed by atoms with van der Waals surface area (Å²) in [5, 5.41) is 25.6. The zero-order valence-electron chi connectivity index (χ0n) is 16.9. The number of nitrogens with one attached hydrogen (secondary N) is 3. The number of fused-ring (bicyclic) bond motifs is 1. The lowest BCUT2D eigenvalue weighted by Crippen LogP contribution is -2.49. The Bertz CT molecular complexity index is 1300. The molecule has 0 spiro atoms. The summed E-state index contributed by atoms with van der Waals surface area (Å²) in [6.07, 6.45) is 0. The number of benzene rings is 3. The van der Waals surface area contributed by atoms with E-state index in [-0.39, 0.29) is 17.3 Å². The molecular formula is C20H14BrN5O7S. The van der Waals surface area contributed by atoms with E-state index in [4.69, 9.17) is 17.0 Å². The minimum absolute atomic E-state index is 0.348. The summed E-state index contributed by atoms with van der Waals surface area (Å²) in [6.45, 7) is -0.377. The molecule has 0 atom stereocenters. The van der Waals surface area contributed by atoms with E-state index >= 15 is 0 Å². The number of halogens is 1. The van der Waals surface area contributed by atoms with E-state index in [0.717, 1.165) is 29.0 Å². The summed E-state index contributed by atoms with van der Waals surface area (Å²) in [4.78, 5) is 44.5. The first-order chi connectivity index (χ1) is 16.2. The third kappa shape index (κ3) is 5.99. The first-order valence-corrected chi connectivity index (χ1v) is 10.5. The Morgan fingerprint density at radius 2 is 1.62 bits per heavy atom. The second-order valence-electron chi connectivity index (χ2n) is 6.60. The third-order valence-electron chi connectivity index (χ3n) is 4.32. The summed E-state index contributed by atoms with van der Waals surface area (Å²) >= 11 is 8.34. The van der Waals surface area contributed by atoms with Crippen LogP contribution < -0.4 is 20.9 Å². The normalized spacial score (nSPS) is 10.3. The van der Waals surface area contributed by atoms with Crippen molar-refractivity contribution in [2.75, 3.05) is 6.61 Å². The number of ether oxygens (including phenoxy) is 1. The van der Waals surface area contributed by atoms with E-state index in [2.05, 4.69) is 32.1 Å². The number of thiocarbonyl (C=S) groups is 1. The number of nitrogens with zero attached hydrogens (tertiary/aromatic N) is 2. The van der Waals surface area contributed by atoms with Gasteiger partial charge in [0.1, 0.15) is 5.75 Å². The Hall–Kier alpha value is -4.17. The third-order valence-corrected chi connectivity index (χ3v) is 5.34. The van der Waals surface area contributed by atoms with Gasteiger partial charge in [-0.05, 0) is 45.0 Å². The minimum atomic E-state index is -0.949. The Morgan fingerprint density at radius 1 is 0.971 bits per heavy atom. The molecule has 0 aliphatic carbocycles. The highest BCUT2D eigenvalue weighted by molar-refractivity contribution is 9.10. The molecule has 12 nitrogen and oxygen atoms in total. The number of hydrazine groups is 1. The summed E-state index contributed by atoms with van der Waals surface area (Å²) in [7, 11) is 0. The van der Waals surface area contributed by atoms with Gasteiger partial charge in [0.2, 0.25) is 0 Å². The number of nitro benzene ring substituents is 2. The number of hydrogen-bond donors (Lipinski definition) is 3. The van der Waals surface area contributed by atoms with Gasteiger partial charge in [-0.3, -0.25) is 46.0 Å². The van der Waals surface area contributed by atoms with Gasteiger partial charge >= 0.3 is 0 Å². The van der Waals surface area contributed by atoms with E-state index in [9.17, 15) is 29.8 Å². The van der Waals surface area contributed by atoms with Crippen LogP contribution in [0.2, 0.25) is 0 Å². The highest BCUT2D eigenvalue weighted by Crippen LogP contribution is 2.32. The maximum absolute atomic E-state index is 12.3. The molecule has 14 heteroatoms.